The third-order valence-electron chi connectivity index (χ3n) is 5.80. The van der Waals surface area contributed by atoms with Crippen LogP contribution in [-0.4, -0.2) is 70.6 Å². The smallest absolute Gasteiger partial charge is 0.191 e. The molecule has 32 heavy (non-hydrogen) atoms. The molecule has 1 atom stereocenters. The van der Waals surface area contributed by atoms with Crippen LogP contribution >= 0.6 is 24.0 Å². The summed E-state index contributed by atoms with van der Waals surface area (Å²) in [7, 11) is 0. The van der Waals surface area contributed by atoms with Crippen molar-refractivity contribution in [3.63, 3.8) is 0 Å². The van der Waals surface area contributed by atoms with Crippen LogP contribution in [0.5, 0.6) is 0 Å². The highest BCUT2D eigenvalue weighted by atomic mass is 127. The summed E-state index contributed by atoms with van der Waals surface area (Å²) in [6.07, 6.45) is 2.66. The zero-order valence-electron chi connectivity index (χ0n) is 19.8. The highest BCUT2D eigenvalue weighted by molar-refractivity contribution is 14.0. The van der Waals surface area contributed by atoms with Crippen LogP contribution in [0.4, 0.5) is 0 Å². The van der Waals surface area contributed by atoms with Gasteiger partial charge in [0, 0.05) is 38.1 Å². The Labute approximate surface area is 209 Å². The summed E-state index contributed by atoms with van der Waals surface area (Å²) in [6, 6.07) is 10.6. The van der Waals surface area contributed by atoms with E-state index in [2.05, 4.69) is 82.3 Å². The summed E-state index contributed by atoms with van der Waals surface area (Å²) in [5, 5.41) is 15.3. The van der Waals surface area contributed by atoms with Crippen molar-refractivity contribution < 1.29 is 4.74 Å². The van der Waals surface area contributed by atoms with E-state index in [9.17, 15) is 0 Å². The van der Waals surface area contributed by atoms with E-state index in [1.54, 1.807) is 6.33 Å². The average Bonchev–Trinajstić information content (AvgIpc) is 3.26. The second-order valence-corrected chi connectivity index (χ2v) is 8.57. The lowest BCUT2D eigenvalue weighted by Gasteiger charge is -2.40. The Kier molecular flexibility index (Phi) is 10.9. The molecule has 2 aromatic rings. The topological polar surface area (TPSA) is 79.6 Å². The average molecular weight is 556 g/mol. The Bertz CT molecular complexity index is 819. The number of aromatic nitrogens is 3. The predicted octanol–water partition coefficient (Wildman–Crippen LogP) is 2.87. The lowest BCUT2D eigenvalue weighted by molar-refractivity contribution is -0.00684. The first-order chi connectivity index (χ1) is 15.0. The first kappa shape index (κ1) is 26.5. The Balaban J connectivity index is 0.00000363. The fraction of sp³-hybridized carbons (Fsp3) is 0.609. The van der Waals surface area contributed by atoms with E-state index in [-0.39, 0.29) is 35.6 Å². The summed E-state index contributed by atoms with van der Waals surface area (Å²) >= 11 is 0. The number of ether oxygens (including phenoxy) is 1. The van der Waals surface area contributed by atoms with E-state index in [4.69, 9.17) is 9.73 Å². The van der Waals surface area contributed by atoms with Gasteiger partial charge in [0.2, 0.25) is 0 Å². The van der Waals surface area contributed by atoms with Crippen molar-refractivity contribution in [1.29, 1.82) is 0 Å². The van der Waals surface area contributed by atoms with Gasteiger partial charge in [-0.2, -0.15) is 0 Å². The van der Waals surface area contributed by atoms with Crippen LogP contribution in [0.3, 0.4) is 0 Å². The minimum Gasteiger partial charge on any atom is -0.379 e. The van der Waals surface area contributed by atoms with Crippen molar-refractivity contribution in [2.75, 3.05) is 39.4 Å². The standard InChI is InChI=1S/C23H37N7O.HI/c1-5-21-28-26-18-29(21)12-11-24-22(27-19(2)20-9-7-6-8-10-20)25-17-23(3,4)30-13-15-31-16-14-30;/h6-10,18-19H,5,11-17H2,1-4H3,(H2,24,25,27);1H. The largest absolute Gasteiger partial charge is 0.379 e. The fourth-order valence-electron chi connectivity index (χ4n) is 3.76. The molecule has 0 aliphatic carbocycles. The van der Waals surface area contributed by atoms with Crippen LogP contribution in [-0.2, 0) is 17.7 Å². The molecule has 1 saturated heterocycles. The third kappa shape index (κ3) is 7.70. The number of benzene rings is 1. The summed E-state index contributed by atoms with van der Waals surface area (Å²) in [5.74, 6) is 1.82. The summed E-state index contributed by atoms with van der Waals surface area (Å²) in [6.45, 7) is 14.5. The van der Waals surface area contributed by atoms with Gasteiger partial charge >= 0.3 is 0 Å². The first-order valence-corrected chi connectivity index (χ1v) is 11.3. The molecule has 8 nitrogen and oxygen atoms in total. The van der Waals surface area contributed by atoms with Gasteiger partial charge in [-0.25, -0.2) is 0 Å². The minimum absolute atomic E-state index is 0. The number of hydrogen-bond acceptors (Lipinski definition) is 5. The maximum Gasteiger partial charge on any atom is 0.191 e. The molecule has 1 aliphatic rings. The first-order valence-electron chi connectivity index (χ1n) is 11.3. The highest BCUT2D eigenvalue weighted by Crippen LogP contribution is 2.17. The molecule has 178 valence electrons. The monoisotopic (exact) mass is 555 g/mol. The maximum absolute atomic E-state index is 5.51. The molecule has 1 aromatic heterocycles. The Morgan fingerprint density at radius 1 is 1.22 bits per heavy atom. The molecule has 3 rings (SSSR count). The van der Waals surface area contributed by atoms with Crippen molar-refractivity contribution >= 4 is 29.9 Å². The van der Waals surface area contributed by atoms with E-state index in [1.807, 2.05) is 6.07 Å². The number of hydrogen-bond donors (Lipinski definition) is 2. The molecule has 2 heterocycles. The van der Waals surface area contributed by atoms with E-state index in [0.29, 0.717) is 6.54 Å². The summed E-state index contributed by atoms with van der Waals surface area (Å²) in [4.78, 5) is 7.43. The SMILES string of the molecule is CCc1nncn1CCNC(=NCC(C)(C)N1CCOCC1)NC(C)c1ccccc1.I. The number of aryl methyl sites for hydroxylation is 1. The van der Waals surface area contributed by atoms with Crippen LogP contribution in [0.2, 0.25) is 0 Å². The van der Waals surface area contributed by atoms with Crippen molar-refractivity contribution in [3.8, 4) is 0 Å². The summed E-state index contributed by atoms with van der Waals surface area (Å²) < 4.78 is 7.60. The zero-order valence-corrected chi connectivity index (χ0v) is 22.1. The maximum atomic E-state index is 5.51. The Morgan fingerprint density at radius 2 is 1.94 bits per heavy atom. The number of halogens is 1. The Morgan fingerprint density at radius 3 is 2.62 bits per heavy atom. The van der Waals surface area contributed by atoms with Crippen molar-refractivity contribution in [3.05, 3.63) is 48.0 Å². The van der Waals surface area contributed by atoms with Crippen molar-refractivity contribution in [1.82, 2.24) is 30.3 Å². The van der Waals surface area contributed by atoms with Gasteiger partial charge in [0.15, 0.2) is 5.96 Å². The van der Waals surface area contributed by atoms with Gasteiger partial charge in [0.25, 0.3) is 0 Å². The molecule has 1 aromatic carbocycles. The van der Waals surface area contributed by atoms with Gasteiger partial charge < -0.3 is 19.9 Å². The number of morpholine rings is 1. The lowest BCUT2D eigenvalue weighted by Crippen LogP contribution is -2.52. The van der Waals surface area contributed by atoms with Crippen LogP contribution in [0.1, 0.15) is 45.1 Å². The van der Waals surface area contributed by atoms with Gasteiger partial charge in [-0.1, -0.05) is 37.3 Å². The number of nitrogens with one attached hydrogen (secondary N) is 2. The number of aliphatic imine (C=N–C) groups is 1. The number of nitrogens with zero attached hydrogens (tertiary/aromatic N) is 5. The molecular formula is C23H38IN7O. The molecule has 9 heteroatoms. The molecule has 2 N–H and O–H groups in total. The molecule has 1 aliphatic heterocycles. The molecule has 0 bridgehead atoms. The van der Waals surface area contributed by atoms with Gasteiger partial charge in [-0.15, -0.1) is 34.2 Å². The molecule has 0 amide bonds. The van der Waals surface area contributed by atoms with E-state index < -0.39 is 0 Å². The summed E-state index contributed by atoms with van der Waals surface area (Å²) in [5.41, 5.74) is 1.20. The van der Waals surface area contributed by atoms with Gasteiger partial charge in [0.1, 0.15) is 12.2 Å². The second kappa shape index (κ2) is 13.1. The molecule has 1 fully saturated rings. The van der Waals surface area contributed by atoms with E-state index in [1.165, 1.54) is 5.56 Å². The van der Waals surface area contributed by atoms with Crippen LogP contribution in [0.25, 0.3) is 0 Å². The van der Waals surface area contributed by atoms with E-state index in [0.717, 1.165) is 57.6 Å². The van der Waals surface area contributed by atoms with Crippen molar-refractivity contribution in [2.45, 2.75) is 52.2 Å². The second-order valence-electron chi connectivity index (χ2n) is 8.57. The lowest BCUT2D eigenvalue weighted by atomic mass is 10.0. The normalized spacial score (nSPS) is 16.3. The number of rotatable bonds is 9. The fourth-order valence-corrected chi connectivity index (χ4v) is 3.76. The molecule has 0 radical (unpaired) electrons. The molecule has 1 unspecified atom stereocenters. The highest BCUT2D eigenvalue weighted by Gasteiger charge is 2.28. The van der Waals surface area contributed by atoms with E-state index >= 15 is 0 Å². The molecule has 0 spiro atoms. The number of guanidine groups is 1. The minimum atomic E-state index is -0.0297. The molecular weight excluding hydrogens is 517 g/mol. The zero-order chi connectivity index (χ0) is 22.1. The van der Waals surface area contributed by atoms with Gasteiger partial charge in [-0.05, 0) is 26.3 Å². The third-order valence-corrected chi connectivity index (χ3v) is 5.80. The van der Waals surface area contributed by atoms with Gasteiger partial charge in [-0.3, -0.25) is 9.89 Å². The predicted molar refractivity (Wildman–Crippen MR) is 140 cm³/mol. The quantitative estimate of drug-likeness (QED) is 0.282. The van der Waals surface area contributed by atoms with Crippen molar-refractivity contribution in [2.24, 2.45) is 4.99 Å². The van der Waals surface area contributed by atoms with Gasteiger partial charge in [0.05, 0.1) is 25.8 Å². The van der Waals surface area contributed by atoms with Crippen LogP contribution in [0, 0.1) is 0 Å². The molecule has 0 saturated carbocycles. The Hall–Kier alpha value is -1.72. The van der Waals surface area contributed by atoms with Crippen LogP contribution in [0.15, 0.2) is 41.7 Å². The van der Waals surface area contributed by atoms with Crippen LogP contribution < -0.4 is 10.6 Å².